The van der Waals surface area contributed by atoms with Crippen molar-refractivity contribution in [3.8, 4) is 5.75 Å². The van der Waals surface area contributed by atoms with Gasteiger partial charge >= 0.3 is 0 Å². The third-order valence-corrected chi connectivity index (χ3v) is 4.72. The standard InChI is InChI=1S/C23H15F3N2O3/c1-31-17-4-2-3-15(11-17)27-21-20(13-5-7-14(24)8-6-13)22(29)28(23(21)30)16-9-10-18(25)19(26)12-16/h2-12,27H,1H3. The van der Waals surface area contributed by atoms with Crippen LogP contribution in [0.1, 0.15) is 5.56 Å². The molecule has 156 valence electrons. The second-order valence-corrected chi connectivity index (χ2v) is 6.66. The molecule has 1 N–H and O–H groups in total. The summed E-state index contributed by atoms with van der Waals surface area (Å²) in [6, 6.07) is 14.4. The molecule has 4 rings (SSSR count). The topological polar surface area (TPSA) is 58.6 Å². The minimum absolute atomic E-state index is 0.0300. The number of hydrogen-bond acceptors (Lipinski definition) is 4. The average Bonchev–Trinajstić information content (AvgIpc) is 3.00. The van der Waals surface area contributed by atoms with Crippen molar-refractivity contribution in [3.63, 3.8) is 0 Å². The molecule has 0 aliphatic carbocycles. The first-order chi connectivity index (χ1) is 14.9. The van der Waals surface area contributed by atoms with Gasteiger partial charge in [-0.2, -0.15) is 0 Å². The van der Waals surface area contributed by atoms with Gasteiger partial charge in [0.1, 0.15) is 17.3 Å². The van der Waals surface area contributed by atoms with E-state index in [9.17, 15) is 22.8 Å². The van der Waals surface area contributed by atoms with Gasteiger partial charge in [0.2, 0.25) is 0 Å². The van der Waals surface area contributed by atoms with Crippen LogP contribution >= 0.6 is 0 Å². The minimum Gasteiger partial charge on any atom is -0.497 e. The number of imide groups is 1. The maximum Gasteiger partial charge on any atom is 0.282 e. The summed E-state index contributed by atoms with van der Waals surface area (Å²) in [6.45, 7) is 0. The van der Waals surface area contributed by atoms with E-state index in [0.29, 0.717) is 11.4 Å². The summed E-state index contributed by atoms with van der Waals surface area (Å²) in [6.07, 6.45) is 0. The molecule has 1 aliphatic rings. The fourth-order valence-electron chi connectivity index (χ4n) is 3.23. The normalized spacial score (nSPS) is 13.7. The fraction of sp³-hybridized carbons (Fsp3) is 0.0435. The zero-order valence-electron chi connectivity index (χ0n) is 16.2. The molecule has 0 atom stereocenters. The van der Waals surface area contributed by atoms with Gasteiger partial charge in [0.15, 0.2) is 11.6 Å². The molecule has 0 unspecified atom stereocenters. The Morgan fingerprint density at radius 1 is 0.839 bits per heavy atom. The maximum absolute atomic E-state index is 13.8. The first-order valence-corrected chi connectivity index (χ1v) is 9.14. The van der Waals surface area contributed by atoms with Crippen LogP contribution in [0.5, 0.6) is 5.75 Å². The summed E-state index contributed by atoms with van der Waals surface area (Å²) in [5, 5.41) is 2.91. The lowest BCUT2D eigenvalue weighted by molar-refractivity contribution is -0.120. The monoisotopic (exact) mass is 424 g/mol. The first kappa shape index (κ1) is 20.2. The van der Waals surface area contributed by atoms with Crippen molar-refractivity contribution in [1.82, 2.24) is 0 Å². The number of benzene rings is 3. The molecule has 3 aromatic carbocycles. The number of ether oxygens (including phenoxy) is 1. The Morgan fingerprint density at radius 3 is 2.26 bits per heavy atom. The first-order valence-electron chi connectivity index (χ1n) is 9.14. The third-order valence-electron chi connectivity index (χ3n) is 4.72. The van der Waals surface area contributed by atoms with Gasteiger partial charge < -0.3 is 10.1 Å². The van der Waals surface area contributed by atoms with E-state index < -0.39 is 29.3 Å². The maximum atomic E-state index is 13.8. The number of hydrogen-bond donors (Lipinski definition) is 1. The van der Waals surface area contributed by atoms with Crippen molar-refractivity contribution in [2.24, 2.45) is 0 Å². The van der Waals surface area contributed by atoms with Crippen LogP contribution in [0.15, 0.2) is 72.4 Å². The smallest absolute Gasteiger partial charge is 0.282 e. The second-order valence-electron chi connectivity index (χ2n) is 6.66. The van der Waals surface area contributed by atoms with E-state index in [2.05, 4.69) is 5.32 Å². The van der Waals surface area contributed by atoms with E-state index in [1.807, 2.05) is 0 Å². The number of carbonyl (C=O) groups excluding carboxylic acids is 2. The average molecular weight is 424 g/mol. The summed E-state index contributed by atoms with van der Waals surface area (Å²) >= 11 is 0. The predicted molar refractivity (Wildman–Crippen MR) is 109 cm³/mol. The number of carbonyl (C=O) groups is 2. The largest absolute Gasteiger partial charge is 0.497 e. The van der Waals surface area contributed by atoms with E-state index in [4.69, 9.17) is 4.74 Å². The van der Waals surface area contributed by atoms with Gasteiger partial charge in [-0.1, -0.05) is 18.2 Å². The van der Waals surface area contributed by atoms with E-state index in [0.717, 1.165) is 35.2 Å². The summed E-state index contributed by atoms with van der Waals surface area (Å²) in [5.74, 6) is -3.82. The van der Waals surface area contributed by atoms with Crippen molar-refractivity contribution in [3.05, 3.63) is 95.4 Å². The fourth-order valence-corrected chi connectivity index (χ4v) is 3.23. The molecule has 8 heteroatoms. The molecule has 0 spiro atoms. The van der Waals surface area contributed by atoms with Crippen LogP contribution in [0, 0.1) is 17.5 Å². The lowest BCUT2D eigenvalue weighted by Gasteiger charge is -2.15. The predicted octanol–water partition coefficient (Wildman–Crippen LogP) is 4.51. The molecule has 0 radical (unpaired) electrons. The Hall–Kier alpha value is -4.07. The van der Waals surface area contributed by atoms with Gasteiger partial charge in [-0.3, -0.25) is 9.59 Å². The van der Waals surface area contributed by atoms with Gasteiger partial charge in [0.05, 0.1) is 18.4 Å². The zero-order chi connectivity index (χ0) is 22.1. The SMILES string of the molecule is COc1cccc(NC2=C(c3ccc(F)cc3)C(=O)N(c3ccc(F)c(F)c3)C2=O)c1. The van der Waals surface area contributed by atoms with Crippen LogP contribution in [0.2, 0.25) is 0 Å². The quantitative estimate of drug-likeness (QED) is 0.613. The molecule has 0 saturated heterocycles. The van der Waals surface area contributed by atoms with Crippen molar-refractivity contribution in [2.75, 3.05) is 17.3 Å². The van der Waals surface area contributed by atoms with E-state index in [1.165, 1.54) is 19.2 Å². The van der Waals surface area contributed by atoms with Gasteiger partial charge in [-0.15, -0.1) is 0 Å². The minimum atomic E-state index is -1.20. The Morgan fingerprint density at radius 2 is 1.58 bits per heavy atom. The van der Waals surface area contributed by atoms with Gasteiger partial charge in [-0.05, 0) is 42.0 Å². The van der Waals surface area contributed by atoms with Crippen LogP contribution in [0.3, 0.4) is 0 Å². The molecular formula is C23H15F3N2O3. The highest BCUT2D eigenvalue weighted by Crippen LogP contribution is 2.34. The number of amides is 2. The molecule has 2 amide bonds. The van der Waals surface area contributed by atoms with E-state index in [-0.39, 0.29) is 22.5 Å². The summed E-state index contributed by atoms with van der Waals surface area (Å²) in [4.78, 5) is 27.1. The number of anilines is 2. The molecule has 31 heavy (non-hydrogen) atoms. The highest BCUT2D eigenvalue weighted by Gasteiger charge is 2.40. The number of halogens is 3. The van der Waals surface area contributed by atoms with Crippen LogP contribution in [-0.4, -0.2) is 18.9 Å². The summed E-state index contributed by atoms with van der Waals surface area (Å²) in [5.41, 5.74) is 0.501. The number of nitrogens with zero attached hydrogens (tertiary/aromatic N) is 1. The lowest BCUT2D eigenvalue weighted by Crippen LogP contribution is -2.32. The molecule has 1 heterocycles. The van der Waals surface area contributed by atoms with Crippen molar-refractivity contribution >= 4 is 28.8 Å². The van der Waals surface area contributed by atoms with Crippen molar-refractivity contribution in [1.29, 1.82) is 0 Å². The van der Waals surface area contributed by atoms with Gasteiger partial charge in [0.25, 0.3) is 11.8 Å². The van der Waals surface area contributed by atoms with Crippen LogP contribution in [-0.2, 0) is 9.59 Å². The zero-order valence-corrected chi connectivity index (χ0v) is 16.2. The molecular weight excluding hydrogens is 409 g/mol. The van der Waals surface area contributed by atoms with Crippen molar-refractivity contribution < 1.29 is 27.5 Å². The highest BCUT2D eigenvalue weighted by atomic mass is 19.2. The van der Waals surface area contributed by atoms with Gasteiger partial charge in [-0.25, -0.2) is 18.1 Å². The van der Waals surface area contributed by atoms with Crippen LogP contribution in [0.4, 0.5) is 24.5 Å². The third kappa shape index (κ3) is 3.75. The molecule has 0 bridgehead atoms. The van der Waals surface area contributed by atoms with E-state index in [1.54, 1.807) is 24.3 Å². The van der Waals surface area contributed by atoms with Crippen LogP contribution in [0.25, 0.3) is 5.57 Å². The van der Waals surface area contributed by atoms with Crippen molar-refractivity contribution in [2.45, 2.75) is 0 Å². The number of nitrogens with one attached hydrogen (secondary N) is 1. The lowest BCUT2D eigenvalue weighted by atomic mass is 10.0. The Bertz CT molecular complexity index is 1220. The van der Waals surface area contributed by atoms with Gasteiger partial charge in [0, 0.05) is 17.8 Å². The Balaban J connectivity index is 1.82. The molecule has 5 nitrogen and oxygen atoms in total. The molecule has 0 fully saturated rings. The Kier molecular flexibility index (Phi) is 5.21. The molecule has 3 aromatic rings. The molecule has 1 aliphatic heterocycles. The Labute approximate surface area is 175 Å². The summed E-state index contributed by atoms with van der Waals surface area (Å²) < 4.78 is 45.7. The number of methoxy groups -OCH3 is 1. The number of rotatable bonds is 5. The van der Waals surface area contributed by atoms with E-state index >= 15 is 0 Å². The van der Waals surface area contributed by atoms with Crippen LogP contribution < -0.4 is 15.0 Å². The molecule has 0 aromatic heterocycles. The molecule has 0 saturated carbocycles. The second kappa shape index (κ2) is 7.98. The summed E-state index contributed by atoms with van der Waals surface area (Å²) in [7, 11) is 1.48. The highest BCUT2D eigenvalue weighted by molar-refractivity contribution is 6.46.